The molecule has 0 fully saturated rings. The molecule has 172 valence electrons. The van der Waals surface area contributed by atoms with Crippen molar-refractivity contribution in [2.45, 2.75) is 19.0 Å². The Bertz CT molecular complexity index is 1250. The first kappa shape index (κ1) is 22.6. The van der Waals surface area contributed by atoms with E-state index in [1.165, 1.54) is 7.05 Å². The molecule has 0 N–H and O–H groups in total. The van der Waals surface area contributed by atoms with Crippen molar-refractivity contribution in [1.29, 1.82) is 0 Å². The third-order valence-electron chi connectivity index (χ3n) is 5.67. The molecule has 1 aliphatic rings. The van der Waals surface area contributed by atoms with Gasteiger partial charge in [-0.15, -0.1) is 0 Å². The first-order valence-corrected chi connectivity index (χ1v) is 10.4. The Hall–Kier alpha value is -3.55. The number of ether oxygens (including phenoxy) is 2. The summed E-state index contributed by atoms with van der Waals surface area (Å²) in [5, 5.41) is 0.558. The van der Waals surface area contributed by atoms with Gasteiger partial charge in [-0.1, -0.05) is 24.3 Å². The average Bonchev–Trinajstić information content (AvgIpc) is 3.17. The highest BCUT2D eigenvalue weighted by molar-refractivity contribution is 6.09. The standard InChI is InChI=1S/C25H23F3N2O3/c1-30(14-25(26,27)28)24(31)22-17-6-4-5-7-19(17)29-23-16(9-10-18(22)23)12-15-8-11-20(32-2)21(13-15)33-3/h4-8,11-13H,9-10,14H2,1-3H3/b16-12-. The number of alkyl halides is 3. The molecule has 1 amide bonds. The van der Waals surface area contributed by atoms with Crippen LogP contribution in [-0.2, 0) is 6.42 Å². The van der Waals surface area contributed by atoms with Gasteiger partial charge in [-0.25, -0.2) is 4.98 Å². The summed E-state index contributed by atoms with van der Waals surface area (Å²) in [5.74, 6) is 0.534. The molecule has 5 nitrogen and oxygen atoms in total. The Morgan fingerprint density at radius 1 is 1.09 bits per heavy atom. The van der Waals surface area contributed by atoms with Crippen LogP contribution in [0.5, 0.6) is 11.5 Å². The molecule has 0 bridgehead atoms. The minimum absolute atomic E-state index is 0.290. The summed E-state index contributed by atoms with van der Waals surface area (Å²) in [7, 11) is 4.29. The second-order valence-corrected chi connectivity index (χ2v) is 7.89. The third kappa shape index (κ3) is 4.51. The SMILES string of the molecule is COc1ccc(/C=C2/CCc3c2nc2ccccc2c3C(=O)N(C)CC(F)(F)F)cc1OC. The van der Waals surface area contributed by atoms with Gasteiger partial charge in [0.05, 0.1) is 31.0 Å². The second kappa shape index (κ2) is 8.77. The molecule has 1 heterocycles. The lowest BCUT2D eigenvalue weighted by Gasteiger charge is -2.21. The van der Waals surface area contributed by atoms with Gasteiger partial charge in [0.25, 0.3) is 5.91 Å². The zero-order valence-electron chi connectivity index (χ0n) is 18.5. The van der Waals surface area contributed by atoms with Gasteiger partial charge in [0.2, 0.25) is 0 Å². The minimum Gasteiger partial charge on any atom is -0.493 e. The van der Waals surface area contributed by atoms with Crippen LogP contribution in [0.15, 0.2) is 42.5 Å². The highest BCUT2D eigenvalue weighted by atomic mass is 19.4. The van der Waals surface area contributed by atoms with Gasteiger partial charge in [-0.2, -0.15) is 13.2 Å². The van der Waals surface area contributed by atoms with Crippen molar-refractivity contribution in [2.75, 3.05) is 27.8 Å². The number of rotatable bonds is 5. The Morgan fingerprint density at radius 3 is 2.52 bits per heavy atom. The van der Waals surface area contributed by atoms with Crippen LogP contribution < -0.4 is 9.47 Å². The average molecular weight is 456 g/mol. The van der Waals surface area contributed by atoms with Gasteiger partial charge in [0.15, 0.2) is 11.5 Å². The predicted octanol–water partition coefficient (Wildman–Crippen LogP) is 5.37. The van der Waals surface area contributed by atoms with Crippen molar-refractivity contribution in [2.24, 2.45) is 0 Å². The van der Waals surface area contributed by atoms with Gasteiger partial charge >= 0.3 is 6.18 Å². The molecule has 3 aromatic rings. The lowest BCUT2D eigenvalue weighted by molar-refractivity contribution is -0.138. The Morgan fingerprint density at radius 2 is 1.82 bits per heavy atom. The molecule has 33 heavy (non-hydrogen) atoms. The largest absolute Gasteiger partial charge is 0.493 e. The number of pyridine rings is 1. The fourth-order valence-corrected chi connectivity index (χ4v) is 4.20. The molecule has 0 atom stereocenters. The van der Waals surface area contributed by atoms with Gasteiger partial charge in [-0.3, -0.25) is 4.79 Å². The number of methoxy groups -OCH3 is 2. The molecule has 4 rings (SSSR count). The molecule has 0 radical (unpaired) electrons. The number of para-hydroxylation sites is 1. The summed E-state index contributed by atoms with van der Waals surface area (Å²) >= 11 is 0. The van der Waals surface area contributed by atoms with Crippen LogP contribution in [0.3, 0.4) is 0 Å². The lowest BCUT2D eigenvalue weighted by atomic mass is 9.99. The van der Waals surface area contributed by atoms with E-state index in [9.17, 15) is 18.0 Å². The van der Waals surface area contributed by atoms with Crippen LogP contribution in [0.4, 0.5) is 13.2 Å². The first-order valence-electron chi connectivity index (χ1n) is 10.4. The maximum atomic E-state index is 13.2. The van der Waals surface area contributed by atoms with Crippen molar-refractivity contribution in [3.63, 3.8) is 0 Å². The zero-order chi connectivity index (χ0) is 23.8. The fraction of sp³-hybridized carbons (Fsp3) is 0.280. The first-order chi connectivity index (χ1) is 15.7. The van der Waals surface area contributed by atoms with Crippen LogP contribution >= 0.6 is 0 Å². The van der Waals surface area contributed by atoms with E-state index in [-0.39, 0.29) is 5.56 Å². The van der Waals surface area contributed by atoms with E-state index in [4.69, 9.17) is 14.5 Å². The summed E-state index contributed by atoms with van der Waals surface area (Å²) in [6.45, 7) is -1.31. The molecule has 2 aromatic carbocycles. The molecule has 0 saturated heterocycles. The molecule has 0 aliphatic heterocycles. The third-order valence-corrected chi connectivity index (χ3v) is 5.67. The van der Waals surface area contributed by atoms with Crippen molar-refractivity contribution in [3.05, 3.63) is 64.8 Å². The molecular formula is C25H23F3N2O3. The van der Waals surface area contributed by atoms with Gasteiger partial charge in [0, 0.05) is 12.4 Å². The molecule has 8 heteroatoms. The number of allylic oxidation sites excluding steroid dienone is 1. The van der Waals surface area contributed by atoms with E-state index in [1.807, 2.05) is 18.2 Å². The number of carbonyl (C=O) groups excluding carboxylic acids is 1. The smallest absolute Gasteiger partial charge is 0.406 e. The van der Waals surface area contributed by atoms with Crippen molar-refractivity contribution >= 4 is 28.5 Å². The summed E-state index contributed by atoms with van der Waals surface area (Å²) in [4.78, 5) is 18.7. The van der Waals surface area contributed by atoms with Crippen LogP contribution in [0.2, 0.25) is 0 Å². The van der Waals surface area contributed by atoms with E-state index < -0.39 is 18.6 Å². The van der Waals surface area contributed by atoms with Gasteiger partial charge in [-0.05, 0) is 53.8 Å². The normalized spacial score (nSPS) is 14.4. The quantitative estimate of drug-likeness (QED) is 0.518. The monoisotopic (exact) mass is 456 g/mol. The van der Waals surface area contributed by atoms with E-state index in [2.05, 4.69) is 0 Å². The molecule has 1 aliphatic carbocycles. The van der Waals surface area contributed by atoms with E-state index in [0.29, 0.717) is 46.5 Å². The Kier molecular flexibility index (Phi) is 6.01. The van der Waals surface area contributed by atoms with Crippen LogP contribution in [0.25, 0.3) is 22.6 Å². The topological polar surface area (TPSA) is 51.7 Å². The number of nitrogens with zero attached hydrogens (tertiary/aromatic N) is 2. The van der Waals surface area contributed by atoms with Crippen molar-refractivity contribution in [3.8, 4) is 11.5 Å². The van der Waals surface area contributed by atoms with Gasteiger partial charge < -0.3 is 14.4 Å². The number of halogens is 3. The van der Waals surface area contributed by atoms with Crippen LogP contribution in [0.1, 0.15) is 33.6 Å². The number of aromatic nitrogens is 1. The van der Waals surface area contributed by atoms with Crippen LogP contribution in [0, 0.1) is 0 Å². The summed E-state index contributed by atoms with van der Waals surface area (Å²) in [6, 6.07) is 12.6. The molecular weight excluding hydrogens is 433 g/mol. The highest BCUT2D eigenvalue weighted by Gasteiger charge is 2.34. The summed E-state index contributed by atoms with van der Waals surface area (Å²) in [6.07, 6.45) is -1.37. The van der Waals surface area contributed by atoms with Crippen LogP contribution in [-0.4, -0.2) is 49.8 Å². The predicted molar refractivity (Wildman–Crippen MR) is 120 cm³/mol. The number of fused-ring (bicyclic) bond motifs is 2. The minimum atomic E-state index is -4.48. The maximum Gasteiger partial charge on any atom is 0.406 e. The molecule has 0 unspecified atom stereocenters. The maximum absolute atomic E-state index is 13.2. The van der Waals surface area contributed by atoms with E-state index >= 15 is 0 Å². The fourth-order valence-electron chi connectivity index (χ4n) is 4.20. The van der Waals surface area contributed by atoms with E-state index in [1.54, 1.807) is 44.6 Å². The highest BCUT2D eigenvalue weighted by Crippen LogP contribution is 2.39. The molecule has 0 spiro atoms. The number of amides is 1. The number of benzene rings is 2. The van der Waals surface area contributed by atoms with E-state index in [0.717, 1.165) is 16.0 Å². The molecule has 1 aromatic heterocycles. The van der Waals surface area contributed by atoms with Crippen molar-refractivity contribution < 1.29 is 27.4 Å². The second-order valence-electron chi connectivity index (χ2n) is 7.89. The number of hydrogen-bond donors (Lipinski definition) is 0. The summed E-state index contributed by atoms with van der Waals surface area (Å²) < 4.78 is 49.5. The zero-order valence-corrected chi connectivity index (χ0v) is 18.5. The Balaban J connectivity index is 1.82. The number of carbonyl (C=O) groups is 1. The number of hydrogen-bond acceptors (Lipinski definition) is 4. The lowest BCUT2D eigenvalue weighted by Crippen LogP contribution is -2.36. The Labute approximate surface area is 189 Å². The summed E-state index contributed by atoms with van der Waals surface area (Å²) in [5.41, 5.74) is 3.97. The van der Waals surface area contributed by atoms with Gasteiger partial charge in [0.1, 0.15) is 6.54 Å². The molecule has 0 saturated carbocycles. The van der Waals surface area contributed by atoms with Crippen molar-refractivity contribution in [1.82, 2.24) is 9.88 Å².